The zero-order valence-corrected chi connectivity index (χ0v) is 16.9. The molecule has 0 saturated heterocycles. The van der Waals surface area contributed by atoms with Crippen LogP contribution in [0.4, 0.5) is 10.1 Å². The quantitative estimate of drug-likeness (QED) is 0.718. The van der Waals surface area contributed by atoms with Gasteiger partial charge in [-0.05, 0) is 81.1 Å². The van der Waals surface area contributed by atoms with Crippen LogP contribution >= 0.6 is 0 Å². The van der Waals surface area contributed by atoms with E-state index in [1.165, 1.54) is 24.3 Å². The second-order valence-corrected chi connectivity index (χ2v) is 7.44. The molecule has 3 rings (SSSR count). The Hall–Kier alpha value is -2.73. The third-order valence-electron chi connectivity index (χ3n) is 4.85. The van der Waals surface area contributed by atoms with Crippen LogP contribution in [0.15, 0.2) is 42.5 Å². The van der Waals surface area contributed by atoms with Crippen LogP contribution in [0.3, 0.4) is 0 Å². The molecule has 0 fully saturated rings. The second kappa shape index (κ2) is 9.65. The number of fused-ring (bicyclic) bond motifs is 1. The average molecular weight is 398 g/mol. The topological polar surface area (TPSA) is 58.6 Å². The molecule has 29 heavy (non-hydrogen) atoms. The minimum atomic E-state index is -0.369. The summed E-state index contributed by atoms with van der Waals surface area (Å²) in [5.74, 6) is -0.653. The van der Waals surface area contributed by atoms with Gasteiger partial charge in [0.25, 0.3) is 11.8 Å². The van der Waals surface area contributed by atoms with E-state index in [0.29, 0.717) is 30.8 Å². The van der Waals surface area contributed by atoms with Gasteiger partial charge in [-0.25, -0.2) is 4.39 Å². The predicted octanol–water partition coefficient (Wildman–Crippen LogP) is 3.96. The Morgan fingerprint density at radius 2 is 1.86 bits per heavy atom. The second-order valence-electron chi connectivity index (χ2n) is 7.44. The molecule has 0 aromatic heterocycles. The highest BCUT2D eigenvalue weighted by molar-refractivity contribution is 6.07. The fourth-order valence-electron chi connectivity index (χ4n) is 3.39. The van der Waals surface area contributed by atoms with Gasteiger partial charge in [-0.3, -0.25) is 9.59 Å². The van der Waals surface area contributed by atoms with Crippen molar-refractivity contribution in [3.8, 4) is 0 Å². The lowest BCUT2D eigenvalue weighted by Crippen LogP contribution is -2.35. The van der Waals surface area contributed by atoms with E-state index in [2.05, 4.69) is 5.32 Å². The summed E-state index contributed by atoms with van der Waals surface area (Å²) in [6.45, 7) is 5.73. The van der Waals surface area contributed by atoms with Gasteiger partial charge in [0.1, 0.15) is 5.82 Å². The number of carbonyl (C=O) groups is 2. The maximum absolute atomic E-state index is 13.1. The van der Waals surface area contributed by atoms with Crippen LogP contribution < -0.4 is 10.2 Å². The standard InChI is InChI=1S/C23H27FN2O3/c1-16(2)29-14-4-12-25-22(27)19-8-11-21-18(15-19)5-3-13-26(21)23(28)17-6-9-20(24)10-7-17/h6-11,15-16H,3-5,12-14H2,1-2H3,(H,25,27). The Kier molecular flexibility index (Phi) is 6.99. The van der Waals surface area contributed by atoms with Crippen molar-refractivity contribution in [2.24, 2.45) is 0 Å². The number of amides is 2. The number of anilines is 1. The van der Waals surface area contributed by atoms with Crippen LogP contribution in [0.5, 0.6) is 0 Å². The van der Waals surface area contributed by atoms with E-state index < -0.39 is 0 Å². The van der Waals surface area contributed by atoms with Gasteiger partial charge >= 0.3 is 0 Å². The van der Waals surface area contributed by atoms with Gasteiger partial charge in [-0.1, -0.05) is 0 Å². The summed E-state index contributed by atoms with van der Waals surface area (Å²) >= 11 is 0. The summed E-state index contributed by atoms with van der Waals surface area (Å²) in [5.41, 5.74) is 2.82. The van der Waals surface area contributed by atoms with Gasteiger partial charge in [0.2, 0.25) is 0 Å². The number of rotatable bonds is 7. The SMILES string of the molecule is CC(C)OCCCNC(=O)c1ccc2c(c1)CCCN2C(=O)c1ccc(F)cc1. The molecule has 1 heterocycles. The summed E-state index contributed by atoms with van der Waals surface area (Å²) in [7, 11) is 0. The van der Waals surface area contributed by atoms with Gasteiger partial charge in [0, 0.05) is 36.5 Å². The summed E-state index contributed by atoms with van der Waals surface area (Å²) < 4.78 is 18.6. The Labute approximate surface area is 170 Å². The fourth-order valence-corrected chi connectivity index (χ4v) is 3.39. The van der Waals surface area contributed by atoms with Gasteiger partial charge in [0.15, 0.2) is 0 Å². The molecule has 2 aromatic rings. The third-order valence-corrected chi connectivity index (χ3v) is 4.85. The fraction of sp³-hybridized carbons (Fsp3) is 0.391. The molecule has 2 aromatic carbocycles. The highest BCUT2D eigenvalue weighted by Crippen LogP contribution is 2.29. The molecular formula is C23H27FN2O3. The maximum Gasteiger partial charge on any atom is 0.258 e. The molecule has 0 spiro atoms. The van der Waals surface area contributed by atoms with Crippen molar-refractivity contribution in [2.45, 2.75) is 39.2 Å². The minimum Gasteiger partial charge on any atom is -0.379 e. The van der Waals surface area contributed by atoms with Crippen LogP contribution in [-0.4, -0.2) is 37.6 Å². The summed E-state index contributed by atoms with van der Waals surface area (Å²) in [5, 5.41) is 2.91. The van der Waals surface area contributed by atoms with Crippen LogP contribution in [0.25, 0.3) is 0 Å². The molecule has 6 heteroatoms. The molecule has 0 unspecified atom stereocenters. The molecule has 0 bridgehead atoms. The number of ether oxygens (including phenoxy) is 1. The van der Waals surface area contributed by atoms with Gasteiger partial charge in [-0.2, -0.15) is 0 Å². The lowest BCUT2D eigenvalue weighted by Gasteiger charge is -2.30. The first kappa shape index (κ1) is 21.0. The largest absolute Gasteiger partial charge is 0.379 e. The first-order chi connectivity index (χ1) is 14.0. The van der Waals surface area contributed by atoms with E-state index >= 15 is 0 Å². The van der Waals surface area contributed by atoms with E-state index in [1.807, 2.05) is 26.0 Å². The lowest BCUT2D eigenvalue weighted by molar-refractivity contribution is 0.0757. The van der Waals surface area contributed by atoms with E-state index in [0.717, 1.165) is 30.5 Å². The van der Waals surface area contributed by atoms with Gasteiger partial charge in [-0.15, -0.1) is 0 Å². The molecular weight excluding hydrogens is 371 g/mol. The Morgan fingerprint density at radius 3 is 2.59 bits per heavy atom. The highest BCUT2D eigenvalue weighted by Gasteiger charge is 2.24. The van der Waals surface area contributed by atoms with Crippen molar-refractivity contribution in [3.63, 3.8) is 0 Å². The van der Waals surface area contributed by atoms with Gasteiger partial charge < -0.3 is 15.0 Å². The predicted molar refractivity (Wildman–Crippen MR) is 111 cm³/mol. The normalized spacial score (nSPS) is 13.3. The summed E-state index contributed by atoms with van der Waals surface area (Å²) in [6, 6.07) is 11.0. The Balaban J connectivity index is 1.66. The number of benzene rings is 2. The molecule has 0 saturated carbocycles. The molecule has 2 amide bonds. The molecule has 154 valence electrons. The molecule has 1 aliphatic rings. The van der Waals surface area contributed by atoms with Crippen molar-refractivity contribution in [3.05, 3.63) is 65.0 Å². The first-order valence-corrected chi connectivity index (χ1v) is 10.1. The van der Waals surface area contributed by atoms with Crippen molar-refractivity contribution < 1.29 is 18.7 Å². The van der Waals surface area contributed by atoms with Crippen LogP contribution in [0.2, 0.25) is 0 Å². The zero-order chi connectivity index (χ0) is 20.8. The van der Waals surface area contributed by atoms with E-state index in [4.69, 9.17) is 4.74 Å². The monoisotopic (exact) mass is 398 g/mol. The lowest BCUT2D eigenvalue weighted by atomic mass is 9.98. The summed E-state index contributed by atoms with van der Waals surface area (Å²) in [4.78, 5) is 27.0. The number of aryl methyl sites for hydroxylation is 1. The molecule has 1 aliphatic heterocycles. The van der Waals surface area contributed by atoms with E-state index in [9.17, 15) is 14.0 Å². The number of halogens is 1. The number of nitrogens with one attached hydrogen (secondary N) is 1. The van der Waals surface area contributed by atoms with Crippen molar-refractivity contribution >= 4 is 17.5 Å². The number of nitrogens with zero attached hydrogens (tertiary/aromatic N) is 1. The third kappa shape index (κ3) is 5.41. The smallest absolute Gasteiger partial charge is 0.258 e. The number of hydrogen-bond donors (Lipinski definition) is 1. The minimum absolute atomic E-state index is 0.126. The van der Waals surface area contributed by atoms with Crippen LogP contribution in [0.1, 0.15) is 53.0 Å². The van der Waals surface area contributed by atoms with Crippen LogP contribution in [-0.2, 0) is 11.2 Å². The summed E-state index contributed by atoms with van der Waals surface area (Å²) in [6.07, 6.45) is 2.57. The van der Waals surface area contributed by atoms with E-state index in [-0.39, 0.29) is 23.7 Å². The van der Waals surface area contributed by atoms with Gasteiger partial charge in [0.05, 0.1) is 6.10 Å². The first-order valence-electron chi connectivity index (χ1n) is 10.1. The van der Waals surface area contributed by atoms with Crippen molar-refractivity contribution in [1.82, 2.24) is 5.32 Å². The Morgan fingerprint density at radius 1 is 1.14 bits per heavy atom. The average Bonchev–Trinajstić information content (AvgIpc) is 2.72. The van der Waals surface area contributed by atoms with Crippen LogP contribution in [0, 0.1) is 5.82 Å². The molecule has 0 aliphatic carbocycles. The van der Waals surface area contributed by atoms with E-state index in [1.54, 1.807) is 11.0 Å². The van der Waals surface area contributed by atoms with Crippen molar-refractivity contribution in [1.29, 1.82) is 0 Å². The molecule has 0 atom stereocenters. The highest BCUT2D eigenvalue weighted by atomic mass is 19.1. The Bertz CT molecular complexity index is 865. The number of carbonyl (C=O) groups excluding carboxylic acids is 2. The maximum atomic E-state index is 13.1. The molecule has 5 nitrogen and oxygen atoms in total. The zero-order valence-electron chi connectivity index (χ0n) is 16.9. The van der Waals surface area contributed by atoms with Crippen molar-refractivity contribution in [2.75, 3.05) is 24.6 Å². The number of hydrogen-bond acceptors (Lipinski definition) is 3. The molecule has 0 radical (unpaired) electrons. The molecule has 1 N–H and O–H groups in total.